The first-order valence-corrected chi connectivity index (χ1v) is 7.29. The lowest BCUT2D eigenvalue weighted by atomic mass is 9.83. The summed E-state index contributed by atoms with van der Waals surface area (Å²) in [6.07, 6.45) is 2.39. The van der Waals surface area contributed by atoms with Crippen molar-refractivity contribution in [1.82, 2.24) is 10.2 Å². The maximum absolute atomic E-state index is 13.4. The monoisotopic (exact) mass is 275 g/mol. The van der Waals surface area contributed by atoms with Crippen molar-refractivity contribution in [3.63, 3.8) is 0 Å². The number of halogens is 1. The fraction of sp³-hybridized carbons (Fsp3) is 0.533. The van der Waals surface area contributed by atoms with Crippen LogP contribution in [0, 0.1) is 11.7 Å². The van der Waals surface area contributed by atoms with Crippen LogP contribution in [0.1, 0.15) is 24.4 Å². The number of piperidine rings is 3. The second-order valence-electron chi connectivity index (χ2n) is 6.07. The number of anilines is 1. The molecule has 106 valence electrons. The van der Waals surface area contributed by atoms with Crippen LogP contribution >= 0.6 is 0 Å². The van der Waals surface area contributed by atoms with Crippen molar-refractivity contribution >= 4 is 11.6 Å². The van der Waals surface area contributed by atoms with E-state index in [4.69, 9.17) is 0 Å². The molecule has 3 saturated heterocycles. The molecule has 0 aromatic heterocycles. The van der Waals surface area contributed by atoms with Crippen LogP contribution in [0.2, 0.25) is 0 Å². The SMILES string of the molecule is O=C1Nc2ccc(F)cc2C1NC1CN2CCC1CC2. The lowest BCUT2D eigenvalue weighted by Crippen LogP contribution is -2.57. The topological polar surface area (TPSA) is 44.4 Å². The maximum atomic E-state index is 13.4. The zero-order valence-corrected chi connectivity index (χ0v) is 11.2. The standard InChI is InChI=1S/C15H18FN3O/c16-10-1-2-12-11(7-10)14(15(20)18-12)17-13-8-19-5-3-9(13)4-6-19/h1-2,7,9,13-14,17H,3-6,8H2,(H,18,20). The number of benzene rings is 1. The molecule has 0 radical (unpaired) electrons. The number of hydrogen-bond acceptors (Lipinski definition) is 3. The minimum atomic E-state index is -0.411. The van der Waals surface area contributed by atoms with Crippen molar-refractivity contribution in [2.45, 2.75) is 24.9 Å². The normalized spacial score (nSPS) is 35.0. The second-order valence-corrected chi connectivity index (χ2v) is 6.07. The number of amides is 1. The molecule has 0 spiro atoms. The Morgan fingerprint density at radius 3 is 2.80 bits per heavy atom. The van der Waals surface area contributed by atoms with Crippen molar-refractivity contribution in [2.75, 3.05) is 25.0 Å². The Morgan fingerprint density at radius 1 is 1.30 bits per heavy atom. The predicted molar refractivity (Wildman–Crippen MR) is 73.9 cm³/mol. The maximum Gasteiger partial charge on any atom is 0.246 e. The van der Waals surface area contributed by atoms with Crippen LogP contribution in [-0.4, -0.2) is 36.5 Å². The summed E-state index contributed by atoms with van der Waals surface area (Å²) < 4.78 is 13.4. The molecular weight excluding hydrogens is 257 g/mol. The third kappa shape index (κ3) is 1.93. The summed E-state index contributed by atoms with van der Waals surface area (Å²) in [5, 5.41) is 6.29. The van der Waals surface area contributed by atoms with Gasteiger partial charge in [-0.1, -0.05) is 0 Å². The molecule has 0 aliphatic carbocycles. The van der Waals surface area contributed by atoms with E-state index in [1.807, 2.05) is 0 Å². The van der Waals surface area contributed by atoms with E-state index in [1.54, 1.807) is 6.07 Å². The van der Waals surface area contributed by atoms with Gasteiger partial charge in [-0.25, -0.2) is 4.39 Å². The third-order valence-electron chi connectivity index (χ3n) is 4.88. The van der Waals surface area contributed by atoms with Gasteiger partial charge in [0.2, 0.25) is 5.91 Å². The molecule has 4 aliphatic heterocycles. The summed E-state index contributed by atoms with van der Waals surface area (Å²) in [4.78, 5) is 14.6. The van der Waals surface area contributed by atoms with E-state index in [-0.39, 0.29) is 11.7 Å². The van der Waals surface area contributed by atoms with Gasteiger partial charge in [-0.2, -0.15) is 0 Å². The lowest BCUT2D eigenvalue weighted by Gasteiger charge is -2.45. The van der Waals surface area contributed by atoms with Crippen LogP contribution in [0.5, 0.6) is 0 Å². The van der Waals surface area contributed by atoms with Gasteiger partial charge in [-0.3, -0.25) is 10.1 Å². The Bertz CT molecular complexity index is 554. The summed E-state index contributed by atoms with van der Waals surface area (Å²) in [6, 6.07) is 4.41. The summed E-state index contributed by atoms with van der Waals surface area (Å²) in [7, 11) is 0. The number of carbonyl (C=O) groups excluding carboxylic acids is 1. The molecule has 4 aliphatic rings. The van der Waals surface area contributed by atoms with Crippen LogP contribution in [0.15, 0.2) is 18.2 Å². The number of rotatable bonds is 2. The van der Waals surface area contributed by atoms with Gasteiger partial charge in [0, 0.05) is 23.8 Å². The van der Waals surface area contributed by atoms with Gasteiger partial charge in [-0.05, 0) is 50.0 Å². The van der Waals surface area contributed by atoms with Gasteiger partial charge in [-0.15, -0.1) is 0 Å². The Balaban J connectivity index is 1.57. The molecule has 2 N–H and O–H groups in total. The van der Waals surface area contributed by atoms with Crippen LogP contribution in [0.4, 0.5) is 10.1 Å². The van der Waals surface area contributed by atoms with Crippen molar-refractivity contribution in [3.05, 3.63) is 29.6 Å². The number of carbonyl (C=O) groups is 1. The number of nitrogens with zero attached hydrogens (tertiary/aromatic N) is 1. The molecule has 4 heterocycles. The smallest absolute Gasteiger partial charge is 0.246 e. The molecule has 2 unspecified atom stereocenters. The van der Waals surface area contributed by atoms with Crippen molar-refractivity contribution in [1.29, 1.82) is 0 Å². The summed E-state index contributed by atoms with van der Waals surface area (Å²) in [6.45, 7) is 3.34. The minimum Gasteiger partial charge on any atom is -0.324 e. The lowest BCUT2D eigenvalue weighted by molar-refractivity contribution is -0.118. The van der Waals surface area contributed by atoms with Gasteiger partial charge in [0.25, 0.3) is 0 Å². The highest BCUT2D eigenvalue weighted by Crippen LogP contribution is 2.34. The van der Waals surface area contributed by atoms with Crippen LogP contribution in [0.25, 0.3) is 0 Å². The van der Waals surface area contributed by atoms with Gasteiger partial charge in [0.15, 0.2) is 0 Å². The van der Waals surface area contributed by atoms with E-state index in [0.717, 1.165) is 17.8 Å². The molecule has 5 heteroatoms. The molecule has 5 rings (SSSR count). The molecule has 3 fully saturated rings. The zero-order valence-electron chi connectivity index (χ0n) is 11.2. The third-order valence-corrected chi connectivity index (χ3v) is 4.88. The second kappa shape index (κ2) is 4.53. The molecule has 20 heavy (non-hydrogen) atoms. The van der Waals surface area contributed by atoms with E-state index in [1.165, 1.54) is 38.1 Å². The molecular formula is C15H18FN3O. The average molecular weight is 275 g/mol. The first-order valence-electron chi connectivity index (χ1n) is 7.29. The van der Waals surface area contributed by atoms with Gasteiger partial charge < -0.3 is 10.2 Å². The molecule has 1 amide bonds. The van der Waals surface area contributed by atoms with Crippen molar-refractivity contribution < 1.29 is 9.18 Å². The first kappa shape index (κ1) is 12.3. The van der Waals surface area contributed by atoms with Crippen molar-refractivity contribution in [3.8, 4) is 0 Å². The van der Waals surface area contributed by atoms with Crippen LogP contribution in [0.3, 0.4) is 0 Å². The molecule has 1 aromatic carbocycles. The fourth-order valence-corrected chi connectivity index (χ4v) is 3.77. The van der Waals surface area contributed by atoms with E-state index in [2.05, 4.69) is 15.5 Å². The van der Waals surface area contributed by atoms with E-state index < -0.39 is 6.04 Å². The summed E-state index contributed by atoms with van der Waals surface area (Å²) in [5.41, 5.74) is 1.47. The Hall–Kier alpha value is -1.46. The molecule has 0 saturated carbocycles. The van der Waals surface area contributed by atoms with Crippen molar-refractivity contribution in [2.24, 2.45) is 5.92 Å². The average Bonchev–Trinajstić information content (AvgIpc) is 2.76. The number of fused-ring (bicyclic) bond motifs is 4. The Morgan fingerprint density at radius 2 is 2.10 bits per heavy atom. The first-order chi connectivity index (χ1) is 9.70. The minimum absolute atomic E-state index is 0.0675. The molecule has 2 atom stereocenters. The Labute approximate surface area is 117 Å². The van der Waals surface area contributed by atoms with Crippen LogP contribution < -0.4 is 10.6 Å². The number of nitrogens with one attached hydrogen (secondary N) is 2. The van der Waals surface area contributed by atoms with E-state index in [0.29, 0.717) is 12.0 Å². The van der Waals surface area contributed by atoms with E-state index >= 15 is 0 Å². The molecule has 2 bridgehead atoms. The fourth-order valence-electron chi connectivity index (χ4n) is 3.77. The van der Waals surface area contributed by atoms with Gasteiger partial charge >= 0.3 is 0 Å². The molecule has 1 aromatic rings. The van der Waals surface area contributed by atoms with Gasteiger partial charge in [0.1, 0.15) is 11.9 Å². The summed E-state index contributed by atoms with van der Waals surface area (Å²) >= 11 is 0. The highest BCUT2D eigenvalue weighted by Gasteiger charge is 2.39. The van der Waals surface area contributed by atoms with Crippen LogP contribution in [-0.2, 0) is 4.79 Å². The molecule has 4 nitrogen and oxygen atoms in total. The number of hydrogen-bond donors (Lipinski definition) is 2. The Kier molecular flexibility index (Phi) is 2.79. The van der Waals surface area contributed by atoms with E-state index in [9.17, 15) is 9.18 Å². The highest BCUT2D eigenvalue weighted by atomic mass is 19.1. The predicted octanol–water partition coefficient (Wildman–Crippen LogP) is 1.50. The highest BCUT2D eigenvalue weighted by molar-refractivity contribution is 6.02. The quantitative estimate of drug-likeness (QED) is 0.860. The van der Waals surface area contributed by atoms with Gasteiger partial charge in [0.05, 0.1) is 0 Å². The largest absolute Gasteiger partial charge is 0.324 e. The summed E-state index contributed by atoms with van der Waals surface area (Å²) in [5.74, 6) is 0.286. The zero-order chi connectivity index (χ0) is 13.7.